The number of hydrogen-bond acceptors (Lipinski definition) is 1. The van der Waals surface area contributed by atoms with Crippen LogP contribution in [0.5, 0.6) is 0 Å². The van der Waals surface area contributed by atoms with E-state index < -0.39 is 24.2 Å². The van der Waals surface area contributed by atoms with Crippen LogP contribution in [0.2, 0.25) is 0 Å². The predicted molar refractivity (Wildman–Crippen MR) is 183 cm³/mol. The molecule has 0 radical (unpaired) electrons. The molecule has 0 aliphatic rings. The fourth-order valence-corrected chi connectivity index (χ4v) is 6.11. The average molecular weight is 558 g/mol. The summed E-state index contributed by atoms with van der Waals surface area (Å²) in [6, 6.07) is 23.8. The van der Waals surface area contributed by atoms with Gasteiger partial charge in [0.15, 0.2) is 0 Å². The molecule has 0 aliphatic heterocycles. The van der Waals surface area contributed by atoms with E-state index in [1.54, 1.807) is 54.6 Å². The summed E-state index contributed by atoms with van der Waals surface area (Å²) in [7, 11) is 0. The highest BCUT2D eigenvalue weighted by atomic mass is 16.3. The van der Waals surface area contributed by atoms with E-state index >= 15 is 0 Å². The third-order valence-corrected chi connectivity index (χ3v) is 8.00. The number of hydrogen-bond donors (Lipinski definition) is 0. The van der Waals surface area contributed by atoms with Crippen molar-refractivity contribution < 1.29 is 19.5 Å². The van der Waals surface area contributed by atoms with Crippen molar-refractivity contribution in [3.05, 3.63) is 157 Å². The Morgan fingerprint density at radius 2 is 0.930 bits per heavy atom. The van der Waals surface area contributed by atoms with E-state index in [2.05, 4.69) is 0 Å². The minimum absolute atomic E-state index is 0.00570. The summed E-state index contributed by atoms with van der Waals surface area (Å²) in [5.41, 5.74) is 1.39. The van der Waals surface area contributed by atoms with E-state index in [9.17, 15) is 8.22 Å². The zero-order valence-corrected chi connectivity index (χ0v) is 22.6. The molecule has 0 atom stereocenters. The van der Waals surface area contributed by atoms with Crippen LogP contribution in [0.3, 0.4) is 0 Å². The van der Waals surface area contributed by atoms with Gasteiger partial charge in [-0.3, -0.25) is 0 Å². The van der Waals surface area contributed by atoms with Gasteiger partial charge in [-0.1, -0.05) is 139 Å². The van der Waals surface area contributed by atoms with E-state index in [0.29, 0.717) is 38.2 Å². The molecule has 8 aromatic carbocycles. The average Bonchev–Trinajstić information content (AvgIpc) is 3.60. The van der Waals surface area contributed by atoms with Gasteiger partial charge in [0.1, 0.15) is 11.2 Å². The summed E-state index contributed by atoms with van der Waals surface area (Å²) in [6.45, 7) is 0. The Morgan fingerprint density at radius 1 is 0.395 bits per heavy atom. The second-order valence-electron chi connectivity index (χ2n) is 10.4. The highest BCUT2D eigenvalue weighted by Gasteiger charge is 2.18. The summed E-state index contributed by atoms with van der Waals surface area (Å²) in [5.74, 6) is 0. The summed E-state index contributed by atoms with van der Waals surface area (Å²) in [4.78, 5) is 0. The molecule has 0 aliphatic carbocycles. The Morgan fingerprint density at radius 3 is 1.65 bits per heavy atom. The lowest BCUT2D eigenvalue weighted by atomic mass is 9.85. The van der Waals surface area contributed by atoms with E-state index in [-0.39, 0.29) is 80.9 Å². The first kappa shape index (κ1) is 15.5. The van der Waals surface area contributed by atoms with Crippen LogP contribution >= 0.6 is 0 Å². The first-order valence-electron chi connectivity index (χ1n) is 19.4. The van der Waals surface area contributed by atoms with E-state index in [4.69, 9.17) is 11.3 Å². The summed E-state index contributed by atoms with van der Waals surface area (Å²) in [5, 5.41) is 3.78. The largest absolute Gasteiger partial charge is 0.456 e. The maximum Gasteiger partial charge on any atom is 0.135 e. The lowest BCUT2D eigenvalue weighted by Gasteiger charge is -2.18. The Kier molecular flexibility index (Phi) is 3.41. The van der Waals surface area contributed by atoms with Crippen molar-refractivity contribution in [2.45, 2.75) is 0 Å². The standard InChI is InChI=1S/C42H26O/c1-2-12-31-27(10-1)11-9-18-32(31)28-20-22-29(23-21-28)41-34-14-3-5-16-36(34)42(37-17-6-4-15-35(37)41)30-24-25-40-38(26-30)33-13-7-8-19-39(33)43-40/h1-26H/i7D,8D,13D,19D,20D,21D,22D,23D,24D,25D,26D. The molecule has 1 aromatic heterocycles. The third kappa shape index (κ3) is 3.72. The maximum atomic E-state index is 9.53. The predicted octanol–water partition coefficient (Wildman–Crippen LogP) is 12.0. The molecule has 9 aromatic rings. The molecule has 0 bridgehead atoms. The smallest absolute Gasteiger partial charge is 0.135 e. The third-order valence-electron chi connectivity index (χ3n) is 8.00. The van der Waals surface area contributed by atoms with Crippen LogP contribution in [0.1, 0.15) is 15.1 Å². The summed E-state index contributed by atoms with van der Waals surface area (Å²) in [6.07, 6.45) is 0. The number of rotatable bonds is 3. The van der Waals surface area contributed by atoms with Gasteiger partial charge >= 0.3 is 0 Å². The molecule has 1 nitrogen and oxygen atoms in total. The SMILES string of the molecule is [2H]c1c([2H])c(-c2c3ccccc3c(-c3c([2H])c([2H])c4oc5c([2H])c([2H])c([2H])c([2H])c5c4c3[2H])c3ccccc23)c([2H])c([2H])c1-c1cccc2ccccc12. The van der Waals surface area contributed by atoms with Crippen LogP contribution in [0.25, 0.3) is 87.6 Å². The van der Waals surface area contributed by atoms with Crippen LogP contribution in [-0.2, 0) is 0 Å². The van der Waals surface area contributed by atoms with Crippen molar-refractivity contribution in [1.29, 1.82) is 0 Å². The van der Waals surface area contributed by atoms with Crippen molar-refractivity contribution in [3.8, 4) is 33.4 Å². The van der Waals surface area contributed by atoms with Gasteiger partial charge in [-0.05, 0) is 83.8 Å². The number of furan rings is 1. The quantitative estimate of drug-likeness (QED) is 0.197. The summed E-state index contributed by atoms with van der Waals surface area (Å²) >= 11 is 0. The van der Waals surface area contributed by atoms with Crippen molar-refractivity contribution in [2.75, 3.05) is 0 Å². The molecule has 0 unspecified atom stereocenters. The lowest BCUT2D eigenvalue weighted by molar-refractivity contribution is 0.669. The molecule has 0 saturated heterocycles. The van der Waals surface area contributed by atoms with Crippen molar-refractivity contribution in [2.24, 2.45) is 0 Å². The minimum atomic E-state index is -0.511. The molecule has 200 valence electrons. The molecule has 0 N–H and O–H groups in total. The van der Waals surface area contributed by atoms with Crippen molar-refractivity contribution >= 4 is 54.3 Å². The fraction of sp³-hybridized carbons (Fsp3) is 0. The maximum absolute atomic E-state index is 9.53. The molecular formula is C42H26O. The van der Waals surface area contributed by atoms with Gasteiger partial charge in [0.2, 0.25) is 0 Å². The number of benzene rings is 8. The van der Waals surface area contributed by atoms with Gasteiger partial charge < -0.3 is 4.42 Å². The topological polar surface area (TPSA) is 13.1 Å². The fourth-order valence-electron chi connectivity index (χ4n) is 6.11. The van der Waals surface area contributed by atoms with E-state index in [0.717, 1.165) is 10.8 Å². The van der Waals surface area contributed by atoms with Crippen LogP contribution in [0, 0.1) is 0 Å². The Hall–Kier alpha value is -5.66. The molecule has 1 heterocycles. The van der Waals surface area contributed by atoms with Gasteiger partial charge in [-0.15, -0.1) is 0 Å². The van der Waals surface area contributed by atoms with Crippen LogP contribution in [0.4, 0.5) is 0 Å². The highest BCUT2D eigenvalue weighted by molar-refractivity contribution is 6.22. The molecular weight excluding hydrogens is 520 g/mol. The van der Waals surface area contributed by atoms with Gasteiger partial charge in [-0.25, -0.2) is 0 Å². The minimum Gasteiger partial charge on any atom is -0.456 e. The first-order chi connectivity index (χ1) is 25.9. The molecule has 9 rings (SSSR count). The van der Waals surface area contributed by atoms with Gasteiger partial charge in [-0.2, -0.15) is 0 Å². The van der Waals surface area contributed by atoms with Crippen LogP contribution < -0.4 is 0 Å². The molecule has 1 heteroatoms. The molecule has 43 heavy (non-hydrogen) atoms. The normalized spacial score (nSPS) is 15.3. The van der Waals surface area contributed by atoms with Gasteiger partial charge in [0.05, 0.1) is 15.1 Å². The molecule has 0 fully saturated rings. The second kappa shape index (κ2) is 9.44. The Balaban J connectivity index is 1.41. The first-order valence-corrected chi connectivity index (χ1v) is 13.9. The monoisotopic (exact) mass is 557 g/mol. The summed E-state index contributed by atoms with van der Waals surface area (Å²) < 4.78 is 105. The number of fused-ring (bicyclic) bond motifs is 6. The Labute approximate surface area is 264 Å². The van der Waals surface area contributed by atoms with E-state index in [1.807, 2.05) is 36.4 Å². The number of para-hydroxylation sites is 1. The zero-order valence-electron chi connectivity index (χ0n) is 33.6. The molecule has 0 spiro atoms. The van der Waals surface area contributed by atoms with Crippen molar-refractivity contribution in [3.63, 3.8) is 0 Å². The Bertz CT molecular complexity index is 3040. The van der Waals surface area contributed by atoms with Crippen molar-refractivity contribution in [1.82, 2.24) is 0 Å². The molecule has 0 amide bonds. The van der Waals surface area contributed by atoms with E-state index in [1.165, 1.54) is 0 Å². The molecule has 0 saturated carbocycles. The van der Waals surface area contributed by atoms with Crippen LogP contribution in [0.15, 0.2) is 162 Å². The van der Waals surface area contributed by atoms with Gasteiger partial charge in [0, 0.05) is 10.8 Å². The second-order valence-corrected chi connectivity index (χ2v) is 10.4. The lowest BCUT2D eigenvalue weighted by Crippen LogP contribution is -1.91. The van der Waals surface area contributed by atoms with Crippen LogP contribution in [-0.4, -0.2) is 0 Å². The highest BCUT2D eigenvalue weighted by Crippen LogP contribution is 2.45. The van der Waals surface area contributed by atoms with Gasteiger partial charge in [0.25, 0.3) is 0 Å². The zero-order chi connectivity index (χ0) is 37.9.